The Morgan fingerprint density at radius 1 is 1.62 bits per heavy atom. The number of hydrogen-bond acceptors (Lipinski definition) is 3. The van der Waals surface area contributed by atoms with Gasteiger partial charge in [0.25, 0.3) is 0 Å². The van der Waals surface area contributed by atoms with E-state index < -0.39 is 0 Å². The molecule has 2 rings (SSSR count). The van der Waals surface area contributed by atoms with Crippen LogP contribution < -0.4 is 5.32 Å². The number of nitrogens with zero attached hydrogens (tertiary/aromatic N) is 2. The van der Waals surface area contributed by atoms with E-state index in [4.69, 9.17) is 0 Å². The lowest BCUT2D eigenvalue weighted by Crippen LogP contribution is -2.28. The number of halogens is 1. The van der Waals surface area contributed by atoms with E-state index in [1.165, 1.54) is 12.8 Å². The van der Waals surface area contributed by atoms with E-state index in [1.54, 1.807) is 0 Å². The van der Waals surface area contributed by atoms with E-state index in [2.05, 4.69) is 26.3 Å². The van der Waals surface area contributed by atoms with Gasteiger partial charge in [0.2, 0.25) is 0 Å². The van der Waals surface area contributed by atoms with Crippen LogP contribution in [0.1, 0.15) is 24.2 Å². The number of nitrogens with one attached hydrogen (secondary N) is 1. The van der Waals surface area contributed by atoms with Crippen molar-refractivity contribution < 1.29 is 5.11 Å². The fraction of sp³-hybridized carbons (Fsp3) is 0.727. The summed E-state index contributed by atoms with van der Waals surface area (Å²) in [5.41, 5.74) is 2.13. The van der Waals surface area contributed by atoms with Crippen LogP contribution in [0.5, 0.6) is 0 Å². The van der Waals surface area contributed by atoms with Crippen LogP contribution >= 0.6 is 15.9 Å². The summed E-state index contributed by atoms with van der Waals surface area (Å²) in [7, 11) is 1.94. The summed E-state index contributed by atoms with van der Waals surface area (Å²) in [6.45, 7) is 3.38. The average Bonchev–Trinajstić information content (AvgIpc) is 3.02. The van der Waals surface area contributed by atoms with Gasteiger partial charge in [-0.3, -0.25) is 4.68 Å². The topological polar surface area (TPSA) is 50.1 Å². The van der Waals surface area contributed by atoms with Crippen molar-refractivity contribution in [3.8, 4) is 0 Å². The molecule has 0 aliphatic heterocycles. The van der Waals surface area contributed by atoms with Gasteiger partial charge in [-0.1, -0.05) is 0 Å². The van der Waals surface area contributed by atoms with Crippen molar-refractivity contribution in [1.82, 2.24) is 15.1 Å². The fourth-order valence-electron chi connectivity index (χ4n) is 1.86. The second kappa shape index (κ2) is 4.85. The zero-order chi connectivity index (χ0) is 11.7. The highest BCUT2D eigenvalue weighted by Gasteiger charge is 2.29. The summed E-state index contributed by atoms with van der Waals surface area (Å²) >= 11 is 3.52. The van der Waals surface area contributed by atoms with E-state index >= 15 is 0 Å². The molecule has 5 heteroatoms. The predicted molar refractivity (Wildman–Crippen MR) is 66.1 cm³/mol. The van der Waals surface area contributed by atoms with Crippen LogP contribution in [-0.4, -0.2) is 27.5 Å². The molecular formula is C11H18BrN3O. The fourth-order valence-corrected chi connectivity index (χ4v) is 2.33. The molecule has 1 atom stereocenters. The molecule has 0 saturated heterocycles. The number of rotatable bonds is 5. The Morgan fingerprint density at radius 2 is 2.31 bits per heavy atom. The predicted octanol–water partition coefficient (Wildman–Crippen LogP) is 1.35. The van der Waals surface area contributed by atoms with Crippen LogP contribution in [0.2, 0.25) is 0 Å². The summed E-state index contributed by atoms with van der Waals surface area (Å²) in [4.78, 5) is 0. The molecule has 1 fully saturated rings. The molecule has 1 aromatic heterocycles. The molecule has 0 aromatic carbocycles. The maximum Gasteiger partial charge on any atom is 0.0739 e. The highest BCUT2D eigenvalue weighted by Crippen LogP contribution is 2.32. The largest absolute Gasteiger partial charge is 0.392 e. The van der Waals surface area contributed by atoms with Crippen molar-refractivity contribution in [1.29, 1.82) is 0 Å². The average molecular weight is 288 g/mol. The SMILES string of the molecule is Cc1nn(C)c(CNCC(O)C2CC2)c1Br. The lowest BCUT2D eigenvalue weighted by molar-refractivity contribution is 0.148. The molecule has 1 unspecified atom stereocenters. The number of aryl methyl sites for hydroxylation is 2. The summed E-state index contributed by atoms with van der Waals surface area (Å²) < 4.78 is 2.93. The number of hydrogen-bond donors (Lipinski definition) is 2. The molecule has 0 radical (unpaired) electrons. The first kappa shape index (κ1) is 12.1. The number of aliphatic hydroxyl groups excluding tert-OH is 1. The molecule has 0 bridgehead atoms. The Balaban J connectivity index is 1.84. The van der Waals surface area contributed by atoms with Crippen molar-refractivity contribution in [3.63, 3.8) is 0 Å². The van der Waals surface area contributed by atoms with Crippen molar-refractivity contribution in [2.24, 2.45) is 13.0 Å². The molecule has 90 valence electrons. The standard InChI is InChI=1S/C11H18BrN3O/c1-7-11(12)9(15(2)14-7)5-13-6-10(16)8-3-4-8/h8,10,13,16H,3-6H2,1-2H3. The van der Waals surface area contributed by atoms with Gasteiger partial charge < -0.3 is 10.4 Å². The molecule has 0 amide bonds. The minimum Gasteiger partial charge on any atom is -0.392 e. The summed E-state index contributed by atoms with van der Waals surface area (Å²) in [6, 6.07) is 0. The monoisotopic (exact) mass is 287 g/mol. The lowest BCUT2D eigenvalue weighted by atomic mass is 10.2. The molecule has 1 aromatic rings. The molecular weight excluding hydrogens is 270 g/mol. The molecule has 1 aliphatic rings. The van der Waals surface area contributed by atoms with Crippen molar-refractivity contribution in [3.05, 3.63) is 15.9 Å². The minimum absolute atomic E-state index is 0.187. The first-order valence-corrected chi connectivity index (χ1v) is 6.45. The van der Waals surface area contributed by atoms with Gasteiger partial charge in [0, 0.05) is 20.1 Å². The minimum atomic E-state index is -0.187. The summed E-state index contributed by atoms with van der Waals surface area (Å²) in [5.74, 6) is 0.532. The van der Waals surface area contributed by atoms with Crippen LogP contribution in [0.15, 0.2) is 4.47 Å². The van der Waals surface area contributed by atoms with Crippen molar-refractivity contribution in [2.75, 3.05) is 6.54 Å². The first-order valence-electron chi connectivity index (χ1n) is 5.66. The van der Waals surface area contributed by atoms with Gasteiger partial charge in [0.15, 0.2) is 0 Å². The van der Waals surface area contributed by atoms with Gasteiger partial charge in [0.1, 0.15) is 0 Å². The van der Waals surface area contributed by atoms with Gasteiger partial charge in [-0.15, -0.1) is 0 Å². The molecule has 16 heavy (non-hydrogen) atoms. The van der Waals surface area contributed by atoms with Crippen LogP contribution in [0, 0.1) is 12.8 Å². The van der Waals surface area contributed by atoms with Crippen LogP contribution in [0.3, 0.4) is 0 Å². The Morgan fingerprint density at radius 3 is 2.81 bits per heavy atom. The van der Waals surface area contributed by atoms with Gasteiger partial charge in [-0.25, -0.2) is 0 Å². The first-order chi connectivity index (χ1) is 7.59. The molecule has 1 aliphatic carbocycles. The highest BCUT2D eigenvalue weighted by molar-refractivity contribution is 9.10. The van der Waals surface area contributed by atoms with E-state index in [1.807, 2.05) is 18.7 Å². The molecule has 4 nitrogen and oxygen atoms in total. The number of aliphatic hydroxyl groups is 1. The van der Waals surface area contributed by atoms with Crippen molar-refractivity contribution in [2.45, 2.75) is 32.4 Å². The normalized spacial score (nSPS) is 17.8. The van der Waals surface area contributed by atoms with E-state index in [0.717, 1.165) is 22.4 Å². The van der Waals surface area contributed by atoms with Crippen LogP contribution in [0.4, 0.5) is 0 Å². The van der Waals surface area contributed by atoms with E-state index in [0.29, 0.717) is 12.5 Å². The quantitative estimate of drug-likeness (QED) is 0.860. The molecule has 0 spiro atoms. The third-order valence-electron chi connectivity index (χ3n) is 3.07. The Bertz CT molecular complexity index is 374. The zero-order valence-corrected chi connectivity index (χ0v) is 11.3. The Kier molecular flexibility index (Phi) is 3.66. The van der Waals surface area contributed by atoms with E-state index in [9.17, 15) is 5.11 Å². The maximum absolute atomic E-state index is 9.71. The lowest BCUT2D eigenvalue weighted by Gasteiger charge is -2.10. The third-order valence-corrected chi connectivity index (χ3v) is 4.11. The maximum atomic E-state index is 9.71. The highest BCUT2D eigenvalue weighted by atomic mass is 79.9. The summed E-state index contributed by atoms with van der Waals surface area (Å²) in [6.07, 6.45) is 2.17. The van der Waals surface area contributed by atoms with Crippen molar-refractivity contribution >= 4 is 15.9 Å². The zero-order valence-electron chi connectivity index (χ0n) is 9.70. The van der Waals surface area contributed by atoms with Gasteiger partial charge in [0.05, 0.1) is 22.0 Å². The van der Waals surface area contributed by atoms with Crippen LogP contribution in [-0.2, 0) is 13.6 Å². The second-order valence-corrected chi connectivity index (χ2v) is 5.30. The number of aromatic nitrogens is 2. The van der Waals surface area contributed by atoms with Gasteiger partial charge >= 0.3 is 0 Å². The third kappa shape index (κ3) is 2.64. The Hall–Kier alpha value is -0.390. The van der Waals surface area contributed by atoms with Crippen LogP contribution in [0.25, 0.3) is 0 Å². The molecule has 1 heterocycles. The van der Waals surface area contributed by atoms with Gasteiger partial charge in [-0.05, 0) is 41.6 Å². The Labute approximate surface area is 104 Å². The molecule has 1 saturated carbocycles. The smallest absolute Gasteiger partial charge is 0.0739 e. The molecule has 2 N–H and O–H groups in total. The van der Waals surface area contributed by atoms with E-state index in [-0.39, 0.29) is 6.10 Å². The second-order valence-electron chi connectivity index (χ2n) is 4.51. The van der Waals surface area contributed by atoms with Gasteiger partial charge in [-0.2, -0.15) is 5.10 Å². The summed E-state index contributed by atoms with van der Waals surface area (Å²) in [5, 5.41) is 17.3.